The fourth-order valence-electron chi connectivity index (χ4n) is 2.98. The summed E-state index contributed by atoms with van der Waals surface area (Å²) in [6, 6.07) is 5.94. The lowest BCUT2D eigenvalue weighted by molar-refractivity contribution is 0.282. The molecule has 5 heteroatoms. The Kier molecular flexibility index (Phi) is 9.43. The maximum Gasteiger partial charge on any atom is 0.191 e. The zero-order valence-corrected chi connectivity index (χ0v) is 16.0. The average molecular weight is 416 g/mol. The topological polar surface area (TPSA) is 49.3 Å². The maximum atomic E-state index is 4.62. The minimum absolute atomic E-state index is 0. The maximum absolute atomic E-state index is 4.62. The molecule has 124 valence electrons. The minimum atomic E-state index is 0. The molecule has 4 nitrogen and oxygen atoms in total. The number of nitrogens with zero attached hydrogens (tertiary/aromatic N) is 2. The van der Waals surface area contributed by atoms with Crippen LogP contribution in [-0.2, 0) is 6.54 Å². The number of pyridine rings is 1. The fourth-order valence-corrected chi connectivity index (χ4v) is 2.98. The van der Waals surface area contributed by atoms with Crippen molar-refractivity contribution in [3.63, 3.8) is 0 Å². The van der Waals surface area contributed by atoms with Gasteiger partial charge < -0.3 is 10.6 Å². The van der Waals surface area contributed by atoms with Crippen molar-refractivity contribution in [2.24, 2.45) is 16.8 Å². The third-order valence-electron chi connectivity index (χ3n) is 4.07. The van der Waals surface area contributed by atoms with Crippen molar-refractivity contribution in [2.75, 3.05) is 13.1 Å². The van der Waals surface area contributed by atoms with Crippen LogP contribution in [0.15, 0.2) is 29.4 Å². The van der Waals surface area contributed by atoms with E-state index in [9.17, 15) is 0 Å². The van der Waals surface area contributed by atoms with E-state index in [1.807, 2.05) is 24.4 Å². The molecule has 2 rings (SSSR count). The van der Waals surface area contributed by atoms with Gasteiger partial charge in [0.2, 0.25) is 0 Å². The molecule has 1 saturated carbocycles. The molecule has 2 atom stereocenters. The number of hydrogen-bond acceptors (Lipinski definition) is 2. The number of halogens is 1. The summed E-state index contributed by atoms with van der Waals surface area (Å²) in [5.41, 5.74) is 1.00. The first-order valence-corrected chi connectivity index (χ1v) is 8.20. The number of hydrogen-bond donors (Lipinski definition) is 2. The van der Waals surface area contributed by atoms with Crippen LogP contribution in [0.2, 0.25) is 0 Å². The molecule has 1 aromatic heterocycles. The van der Waals surface area contributed by atoms with E-state index in [-0.39, 0.29) is 24.0 Å². The lowest BCUT2D eigenvalue weighted by Gasteiger charge is -2.27. The van der Waals surface area contributed by atoms with Crippen molar-refractivity contribution in [1.82, 2.24) is 15.6 Å². The van der Waals surface area contributed by atoms with E-state index in [0.29, 0.717) is 6.54 Å². The van der Waals surface area contributed by atoms with Crippen molar-refractivity contribution < 1.29 is 0 Å². The van der Waals surface area contributed by atoms with Gasteiger partial charge in [0.05, 0.1) is 12.2 Å². The summed E-state index contributed by atoms with van der Waals surface area (Å²) in [4.78, 5) is 8.93. The molecular formula is C17H29IN4. The Hall–Kier alpha value is -0.850. The van der Waals surface area contributed by atoms with Crippen LogP contribution in [0.5, 0.6) is 0 Å². The molecule has 0 saturated heterocycles. The Bertz CT molecular complexity index is 436. The van der Waals surface area contributed by atoms with Crippen molar-refractivity contribution in [3.8, 4) is 0 Å². The van der Waals surface area contributed by atoms with Crippen molar-refractivity contribution in [3.05, 3.63) is 30.1 Å². The number of rotatable bonds is 5. The fraction of sp³-hybridized carbons (Fsp3) is 0.647. The third kappa shape index (κ3) is 6.94. The molecule has 1 fully saturated rings. The number of guanidine groups is 1. The normalized spacial score (nSPS) is 21.8. The van der Waals surface area contributed by atoms with Crippen LogP contribution in [0.1, 0.15) is 45.2 Å². The predicted octanol–water partition coefficient (Wildman–Crippen LogP) is 3.58. The lowest BCUT2D eigenvalue weighted by Crippen LogP contribution is -2.40. The monoisotopic (exact) mass is 416 g/mol. The highest BCUT2D eigenvalue weighted by Crippen LogP contribution is 2.27. The number of nitrogens with one attached hydrogen (secondary N) is 2. The second kappa shape index (κ2) is 10.8. The van der Waals surface area contributed by atoms with Crippen molar-refractivity contribution in [1.29, 1.82) is 0 Å². The summed E-state index contributed by atoms with van der Waals surface area (Å²) in [5.74, 6) is 2.56. The highest BCUT2D eigenvalue weighted by molar-refractivity contribution is 14.0. The van der Waals surface area contributed by atoms with Crippen molar-refractivity contribution in [2.45, 2.75) is 46.1 Å². The highest BCUT2D eigenvalue weighted by Gasteiger charge is 2.18. The quantitative estimate of drug-likeness (QED) is 0.438. The summed E-state index contributed by atoms with van der Waals surface area (Å²) in [6.45, 7) is 7.00. The third-order valence-corrected chi connectivity index (χ3v) is 4.07. The van der Waals surface area contributed by atoms with E-state index in [4.69, 9.17) is 0 Å². The first-order valence-electron chi connectivity index (χ1n) is 8.20. The van der Waals surface area contributed by atoms with E-state index in [1.54, 1.807) is 0 Å². The largest absolute Gasteiger partial charge is 0.357 e. The molecule has 0 aromatic carbocycles. The van der Waals surface area contributed by atoms with Crippen LogP contribution in [-0.4, -0.2) is 24.0 Å². The SMILES string of the molecule is CCNC(=NCc1ccccn1)NCC1CCCC(C)C1.I. The molecule has 2 N–H and O–H groups in total. The van der Waals surface area contributed by atoms with E-state index in [0.717, 1.165) is 36.6 Å². The molecule has 1 aliphatic carbocycles. The molecule has 1 heterocycles. The van der Waals surface area contributed by atoms with Crippen LogP contribution in [0.3, 0.4) is 0 Å². The van der Waals surface area contributed by atoms with Gasteiger partial charge in [-0.15, -0.1) is 24.0 Å². The van der Waals surface area contributed by atoms with Crippen LogP contribution in [0.4, 0.5) is 0 Å². The lowest BCUT2D eigenvalue weighted by atomic mass is 9.82. The van der Waals surface area contributed by atoms with Gasteiger partial charge in [-0.1, -0.05) is 25.8 Å². The predicted molar refractivity (Wildman–Crippen MR) is 104 cm³/mol. The van der Waals surface area contributed by atoms with Crippen LogP contribution in [0.25, 0.3) is 0 Å². The molecule has 0 spiro atoms. The smallest absolute Gasteiger partial charge is 0.191 e. The average Bonchev–Trinajstić information content (AvgIpc) is 2.51. The first kappa shape index (κ1) is 19.2. The van der Waals surface area contributed by atoms with E-state index < -0.39 is 0 Å². The second-order valence-electron chi connectivity index (χ2n) is 6.03. The van der Waals surface area contributed by atoms with Crippen LogP contribution >= 0.6 is 24.0 Å². The highest BCUT2D eigenvalue weighted by atomic mass is 127. The molecule has 2 unspecified atom stereocenters. The van der Waals surface area contributed by atoms with Gasteiger partial charge in [-0.25, -0.2) is 4.99 Å². The van der Waals surface area contributed by atoms with E-state index in [1.165, 1.54) is 25.7 Å². The van der Waals surface area contributed by atoms with Crippen LogP contribution in [0, 0.1) is 11.8 Å². The molecule has 1 aliphatic rings. The van der Waals surface area contributed by atoms with Gasteiger partial charge in [0.25, 0.3) is 0 Å². The number of aliphatic imine (C=N–C) groups is 1. The minimum Gasteiger partial charge on any atom is -0.357 e. The second-order valence-corrected chi connectivity index (χ2v) is 6.03. The summed E-state index contributed by atoms with van der Waals surface area (Å²) in [7, 11) is 0. The van der Waals surface area contributed by atoms with Gasteiger partial charge in [0.15, 0.2) is 5.96 Å². The Labute approximate surface area is 151 Å². The van der Waals surface area contributed by atoms with E-state index in [2.05, 4.69) is 34.5 Å². The zero-order valence-electron chi connectivity index (χ0n) is 13.7. The van der Waals surface area contributed by atoms with Gasteiger partial charge in [0, 0.05) is 19.3 Å². The number of aromatic nitrogens is 1. The summed E-state index contributed by atoms with van der Waals surface area (Å²) in [6.07, 6.45) is 7.26. The molecule has 0 aliphatic heterocycles. The van der Waals surface area contributed by atoms with E-state index >= 15 is 0 Å². The molecule has 22 heavy (non-hydrogen) atoms. The van der Waals surface area contributed by atoms with Crippen molar-refractivity contribution >= 4 is 29.9 Å². The molecule has 1 aromatic rings. The Balaban J connectivity index is 0.00000242. The Morgan fingerprint density at radius 2 is 2.18 bits per heavy atom. The van der Waals surface area contributed by atoms with Gasteiger partial charge in [-0.2, -0.15) is 0 Å². The Morgan fingerprint density at radius 1 is 1.32 bits per heavy atom. The van der Waals surface area contributed by atoms with Crippen LogP contribution < -0.4 is 10.6 Å². The molecule has 0 radical (unpaired) electrons. The molecule has 0 bridgehead atoms. The van der Waals surface area contributed by atoms with Gasteiger partial charge in [0.1, 0.15) is 0 Å². The molecule has 0 amide bonds. The molecular weight excluding hydrogens is 387 g/mol. The standard InChI is InChI=1S/C17H28N4.HI/c1-3-18-17(21-13-16-9-4-5-10-19-16)20-12-15-8-6-7-14(2)11-15;/h4-5,9-10,14-15H,3,6-8,11-13H2,1-2H3,(H2,18,20,21);1H. The first-order chi connectivity index (χ1) is 10.3. The van der Waals surface area contributed by atoms with Gasteiger partial charge in [-0.3, -0.25) is 4.98 Å². The summed E-state index contributed by atoms with van der Waals surface area (Å²) < 4.78 is 0. The zero-order chi connectivity index (χ0) is 14.9. The van der Waals surface area contributed by atoms with Gasteiger partial charge >= 0.3 is 0 Å². The summed E-state index contributed by atoms with van der Waals surface area (Å²) >= 11 is 0. The Morgan fingerprint density at radius 3 is 2.86 bits per heavy atom. The van der Waals surface area contributed by atoms with Gasteiger partial charge in [-0.05, 0) is 43.7 Å². The summed E-state index contributed by atoms with van der Waals surface area (Å²) in [5, 5.41) is 6.81.